The molecule has 102 valence electrons. The van der Waals surface area contributed by atoms with E-state index >= 15 is 0 Å². The summed E-state index contributed by atoms with van der Waals surface area (Å²) < 4.78 is 5.43. The van der Waals surface area contributed by atoms with Crippen molar-refractivity contribution in [2.75, 3.05) is 13.2 Å². The van der Waals surface area contributed by atoms with E-state index in [1.807, 2.05) is 6.92 Å². The minimum absolute atomic E-state index is 0.0814. The summed E-state index contributed by atoms with van der Waals surface area (Å²) in [5, 5.41) is 3.21. The zero-order valence-electron chi connectivity index (χ0n) is 11.2. The van der Waals surface area contributed by atoms with Gasteiger partial charge in [0.15, 0.2) is 0 Å². The average Bonchev–Trinajstić information content (AvgIpc) is 3.25. The molecule has 2 aliphatic rings. The summed E-state index contributed by atoms with van der Waals surface area (Å²) in [4.78, 5) is 20.6. The lowest BCUT2D eigenvalue weighted by Gasteiger charge is -2.38. The number of amides is 1. The van der Waals surface area contributed by atoms with E-state index in [0.717, 1.165) is 31.7 Å². The maximum atomic E-state index is 12.3. The number of hydrogen-bond donors (Lipinski definition) is 1. The first kappa shape index (κ1) is 12.5. The fourth-order valence-electron chi connectivity index (χ4n) is 2.81. The minimum Gasteiger partial charge on any atom is -0.381 e. The Labute approximate surface area is 112 Å². The van der Waals surface area contributed by atoms with E-state index in [-0.39, 0.29) is 11.4 Å². The lowest BCUT2D eigenvalue weighted by molar-refractivity contribution is 0.0275. The summed E-state index contributed by atoms with van der Waals surface area (Å²) in [5.41, 5.74) is 1.14. The van der Waals surface area contributed by atoms with Gasteiger partial charge in [-0.3, -0.25) is 9.78 Å². The zero-order valence-corrected chi connectivity index (χ0v) is 11.2. The van der Waals surface area contributed by atoms with E-state index in [1.165, 1.54) is 12.8 Å². The maximum absolute atomic E-state index is 12.3. The summed E-state index contributed by atoms with van der Waals surface area (Å²) in [7, 11) is 0. The zero-order chi connectivity index (χ0) is 13.3. The molecule has 0 unspecified atom stereocenters. The number of hydrogen-bond acceptors (Lipinski definition) is 4. The molecule has 1 aliphatic carbocycles. The Morgan fingerprint density at radius 1 is 1.32 bits per heavy atom. The molecule has 0 spiro atoms. The van der Waals surface area contributed by atoms with Gasteiger partial charge in [-0.2, -0.15) is 0 Å². The summed E-state index contributed by atoms with van der Waals surface area (Å²) >= 11 is 0. The van der Waals surface area contributed by atoms with E-state index in [9.17, 15) is 4.79 Å². The van der Waals surface area contributed by atoms with Gasteiger partial charge in [-0.15, -0.1) is 0 Å². The van der Waals surface area contributed by atoms with Crippen molar-refractivity contribution >= 4 is 5.91 Å². The number of aryl methyl sites for hydroxylation is 1. The number of rotatable bonds is 3. The van der Waals surface area contributed by atoms with Crippen LogP contribution in [0, 0.1) is 12.8 Å². The Kier molecular flexibility index (Phi) is 3.22. The van der Waals surface area contributed by atoms with Gasteiger partial charge in [-0.25, -0.2) is 4.98 Å². The molecule has 1 aromatic rings. The van der Waals surface area contributed by atoms with E-state index in [2.05, 4.69) is 15.3 Å². The molecule has 1 saturated heterocycles. The number of aromatic nitrogens is 2. The topological polar surface area (TPSA) is 64.1 Å². The second-order valence-corrected chi connectivity index (χ2v) is 5.54. The first-order valence-electron chi connectivity index (χ1n) is 6.88. The van der Waals surface area contributed by atoms with Crippen LogP contribution in [0.5, 0.6) is 0 Å². The second kappa shape index (κ2) is 4.89. The van der Waals surface area contributed by atoms with Crippen molar-refractivity contribution in [2.45, 2.75) is 38.1 Å². The Balaban J connectivity index is 1.74. The summed E-state index contributed by atoms with van der Waals surface area (Å²) in [6.07, 6.45) is 7.40. The third kappa shape index (κ3) is 2.61. The van der Waals surface area contributed by atoms with Crippen LogP contribution < -0.4 is 5.32 Å². The molecule has 1 N–H and O–H groups in total. The Bertz CT molecular complexity index is 462. The minimum atomic E-state index is -0.110. The predicted molar refractivity (Wildman–Crippen MR) is 69.7 cm³/mol. The van der Waals surface area contributed by atoms with Crippen molar-refractivity contribution in [3.63, 3.8) is 0 Å². The average molecular weight is 261 g/mol. The molecule has 5 nitrogen and oxygen atoms in total. The van der Waals surface area contributed by atoms with Crippen LogP contribution in [0.25, 0.3) is 0 Å². The van der Waals surface area contributed by atoms with Crippen molar-refractivity contribution < 1.29 is 9.53 Å². The Morgan fingerprint density at radius 2 is 2.05 bits per heavy atom. The van der Waals surface area contributed by atoms with E-state index in [0.29, 0.717) is 11.6 Å². The molecular weight excluding hydrogens is 242 g/mol. The molecule has 1 saturated carbocycles. The van der Waals surface area contributed by atoms with Crippen LogP contribution >= 0.6 is 0 Å². The van der Waals surface area contributed by atoms with Crippen molar-refractivity contribution in [3.8, 4) is 0 Å². The molecule has 1 amide bonds. The second-order valence-electron chi connectivity index (χ2n) is 5.54. The van der Waals surface area contributed by atoms with Crippen LogP contribution in [-0.2, 0) is 4.74 Å². The van der Waals surface area contributed by atoms with Crippen LogP contribution in [0.2, 0.25) is 0 Å². The first-order valence-corrected chi connectivity index (χ1v) is 6.88. The molecule has 0 atom stereocenters. The molecule has 1 aromatic heterocycles. The number of nitrogens with one attached hydrogen (secondary N) is 1. The number of nitrogens with zero attached hydrogens (tertiary/aromatic N) is 2. The van der Waals surface area contributed by atoms with Crippen LogP contribution in [0.1, 0.15) is 41.9 Å². The molecule has 3 rings (SSSR count). The van der Waals surface area contributed by atoms with Crippen LogP contribution in [0.4, 0.5) is 0 Å². The van der Waals surface area contributed by atoms with Gasteiger partial charge in [-0.05, 0) is 38.5 Å². The number of ether oxygens (including phenoxy) is 1. The molecular formula is C14H19N3O2. The van der Waals surface area contributed by atoms with Gasteiger partial charge in [0.25, 0.3) is 5.91 Å². The van der Waals surface area contributed by atoms with Crippen molar-refractivity contribution in [1.29, 1.82) is 0 Å². The first-order chi connectivity index (χ1) is 9.20. The van der Waals surface area contributed by atoms with Gasteiger partial charge < -0.3 is 10.1 Å². The fraction of sp³-hybridized carbons (Fsp3) is 0.643. The van der Waals surface area contributed by atoms with Gasteiger partial charge >= 0.3 is 0 Å². The summed E-state index contributed by atoms with van der Waals surface area (Å²) in [5.74, 6) is 0.500. The smallest absolute Gasteiger partial charge is 0.271 e. The Hall–Kier alpha value is -1.49. The third-order valence-corrected chi connectivity index (χ3v) is 4.12. The highest BCUT2D eigenvalue weighted by molar-refractivity contribution is 5.92. The van der Waals surface area contributed by atoms with Gasteiger partial charge in [0.1, 0.15) is 5.69 Å². The van der Waals surface area contributed by atoms with E-state index in [1.54, 1.807) is 12.4 Å². The van der Waals surface area contributed by atoms with Gasteiger partial charge in [0.2, 0.25) is 0 Å². The van der Waals surface area contributed by atoms with Gasteiger partial charge in [0, 0.05) is 24.9 Å². The predicted octanol–water partition coefficient (Wildman–Crippen LogP) is 1.47. The summed E-state index contributed by atoms with van der Waals surface area (Å²) in [6, 6.07) is 0. The molecule has 0 aromatic carbocycles. The van der Waals surface area contributed by atoms with Crippen LogP contribution in [0.15, 0.2) is 12.4 Å². The number of carbonyl (C=O) groups is 1. The summed E-state index contributed by atoms with van der Waals surface area (Å²) in [6.45, 7) is 3.32. The molecule has 19 heavy (non-hydrogen) atoms. The lowest BCUT2D eigenvalue weighted by Crippen LogP contribution is -2.53. The largest absolute Gasteiger partial charge is 0.381 e. The molecule has 2 fully saturated rings. The molecule has 2 heterocycles. The highest BCUT2D eigenvalue weighted by atomic mass is 16.5. The molecule has 0 radical (unpaired) electrons. The standard InChI is InChI=1S/C14H19N3O2/c1-10-8-16-12(9-15-10)13(18)17-14(11-2-3-11)4-6-19-7-5-14/h8-9,11H,2-7H2,1H3,(H,17,18). The maximum Gasteiger partial charge on any atom is 0.271 e. The lowest BCUT2D eigenvalue weighted by atomic mass is 9.84. The highest BCUT2D eigenvalue weighted by Gasteiger charge is 2.47. The van der Waals surface area contributed by atoms with Gasteiger partial charge in [-0.1, -0.05) is 0 Å². The highest BCUT2D eigenvalue weighted by Crippen LogP contribution is 2.44. The van der Waals surface area contributed by atoms with Crippen molar-refractivity contribution in [2.24, 2.45) is 5.92 Å². The van der Waals surface area contributed by atoms with E-state index in [4.69, 9.17) is 4.74 Å². The molecule has 0 bridgehead atoms. The fourth-order valence-corrected chi connectivity index (χ4v) is 2.81. The quantitative estimate of drug-likeness (QED) is 0.895. The monoisotopic (exact) mass is 261 g/mol. The van der Waals surface area contributed by atoms with Crippen molar-refractivity contribution in [3.05, 3.63) is 23.8 Å². The van der Waals surface area contributed by atoms with Crippen LogP contribution in [0.3, 0.4) is 0 Å². The normalized spacial score (nSPS) is 21.9. The molecule has 1 aliphatic heterocycles. The van der Waals surface area contributed by atoms with E-state index < -0.39 is 0 Å². The molecule has 5 heteroatoms. The van der Waals surface area contributed by atoms with Crippen molar-refractivity contribution in [1.82, 2.24) is 15.3 Å². The van der Waals surface area contributed by atoms with Crippen LogP contribution in [-0.4, -0.2) is 34.6 Å². The number of carbonyl (C=O) groups excluding carboxylic acids is 1. The Morgan fingerprint density at radius 3 is 2.63 bits per heavy atom. The van der Waals surface area contributed by atoms with Gasteiger partial charge in [0.05, 0.1) is 11.9 Å². The third-order valence-electron chi connectivity index (χ3n) is 4.12. The SMILES string of the molecule is Cc1cnc(C(=O)NC2(C3CC3)CCOCC2)cn1.